The van der Waals surface area contributed by atoms with Crippen LogP contribution in [-0.4, -0.2) is 47.4 Å². The van der Waals surface area contributed by atoms with Gasteiger partial charge in [0.1, 0.15) is 0 Å². The molecule has 0 amide bonds. The number of anilines is 2. The van der Waals surface area contributed by atoms with Crippen molar-refractivity contribution in [2.24, 2.45) is 0 Å². The second kappa shape index (κ2) is 7.95. The maximum atomic E-state index is 12.7. The molecule has 6 heteroatoms. The minimum absolute atomic E-state index is 0.000815. The Bertz CT molecular complexity index is 891. The van der Waals surface area contributed by atoms with Crippen LogP contribution in [0.25, 0.3) is 0 Å². The van der Waals surface area contributed by atoms with Gasteiger partial charge in [0.15, 0.2) is 0 Å². The molecule has 3 heterocycles. The molecule has 1 unspecified atom stereocenters. The molecule has 1 N–H and O–H groups in total. The van der Waals surface area contributed by atoms with Gasteiger partial charge in [0.2, 0.25) is 0 Å². The summed E-state index contributed by atoms with van der Waals surface area (Å²) in [7, 11) is 2.00. The zero-order chi connectivity index (χ0) is 19.7. The van der Waals surface area contributed by atoms with Gasteiger partial charge in [0.05, 0.1) is 17.9 Å². The number of hydrogen-bond acceptors (Lipinski definition) is 5. The maximum absolute atomic E-state index is 12.7. The van der Waals surface area contributed by atoms with Gasteiger partial charge in [-0.15, -0.1) is 0 Å². The van der Waals surface area contributed by atoms with Crippen molar-refractivity contribution < 1.29 is 0 Å². The summed E-state index contributed by atoms with van der Waals surface area (Å²) in [6.45, 7) is 8.12. The van der Waals surface area contributed by atoms with Gasteiger partial charge in [0, 0.05) is 44.5 Å². The Balaban J connectivity index is 1.49. The van der Waals surface area contributed by atoms with Gasteiger partial charge in [-0.25, -0.2) is 4.68 Å². The number of hydrogen-bond donors (Lipinski definition) is 1. The zero-order valence-corrected chi connectivity index (χ0v) is 17.2. The first-order chi connectivity index (χ1) is 13.5. The summed E-state index contributed by atoms with van der Waals surface area (Å²) in [5.41, 5.74) is 4.99. The molecule has 1 atom stereocenters. The van der Waals surface area contributed by atoms with E-state index in [4.69, 9.17) is 0 Å². The molecule has 0 radical (unpaired) electrons. The number of fused-ring (bicyclic) bond motifs is 1. The van der Waals surface area contributed by atoms with E-state index in [-0.39, 0.29) is 11.6 Å². The standard InChI is InChI=1S/C22H31N5O/c1-16(2)25(3)20-12-21(28)27(24-13-20)19-8-5-11-26(15-19)14-18-7-4-6-17-9-10-23-22(17)18/h4,6-7,12-13,16,19,23H,5,8-11,14-15H2,1-3H3. The largest absolute Gasteiger partial charge is 0.384 e. The molecule has 6 nitrogen and oxygen atoms in total. The lowest BCUT2D eigenvalue weighted by molar-refractivity contribution is 0.160. The van der Waals surface area contributed by atoms with E-state index in [1.165, 1.54) is 16.8 Å². The van der Waals surface area contributed by atoms with Crippen LogP contribution in [0.2, 0.25) is 0 Å². The van der Waals surface area contributed by atoms with Crippen molar-refractivity contribution in [3.8, 4) is 0 Å². The summed E-state index contributed by atoms with van der Waals surface area (Å²) in [6, 6.07) is 8.81. The number of benzene rings is 1. The lowest BCUT2D eigenvalue weighted by Gasteiger charge is -2.33. The van der Waals surface area contributed by atoms with Crippen LogP contribution in [0.5, 0.6) is 0 Å². The number of likely N-dealkylation sites (tertiary alicyclic amines) is 1. The molecule has 2 aromatic rings. The molecular weight excluding hydrogens is 350 g/mol. The number of piperidine rings is 1. The van der Waals surface area contributed by atoms with Crippen LogP contribution in [0.1, 0.15) is 43.9 Å². The van der Waals surface area contributed by atoms with Crippen LogP contribution in [0.15, 0.2) is 35.3 Å². The van der Waals surface area contributed by atoms with Crippen molar-refractivity contribution in [3.05, 3.63) is 51.9 Å². The van der Waals surface area contributed by atoms with E-state index in [1.54, 1.807) is 10.7 Å². The molecule has 0 aliphatic carbocycles. The first-order valence-corrected chi connectivity index (χ1v) is 10.4. The summed E-state index contributed by atoms with van der Waals surface area (Å²) < 4.78 is 1.69. The molecular formula is C22H31N5O. The molecule has 0 saturated carbocycles. The molecule has 1 aromatic heterocycles. The minimum atomic E-state index is -0.000815. The summed E-state index contributed by atoms with van der Waals surface area (Å²) in [6.07, 6.45) is 5.04. The fraction of sp³-hybridized carbons (Fsp3) is 0.545. The molecule has 28 heavy (non-hydrogen) atoms. The van der Waals surface area contributed by atoms with Gasteiger partial charge >= 0.3 is 0 Å². The minimum Gasteiger partial charge on any atom is -0.384 e. The van der Waals surface area contributed by atoms with Crippen LogP contribution < -0.4 is 15.8 Å². The van der Waals surface area contributed by atoms with Gasteiger partial charge in [-0.1, -0.05) is 18.2 Å². The summed E-state index contributed by atoms with van der Waals surface area (Å²) in [5.74, 6) is 0. The number of rotatable bonds is 5. The van der Waals surface area contributed by atoms with Gasteiger partial charge in [-0.05, 0) is 50.8 Å². The Morgan fingerprint density at radius 2 is 2.21 bits per heavy atom. The van der Waals surface area contributed by atoms with E-state index in [0.29, 0.717) is 6.04 Å². The molecule has 150 valence electrons. The van der Waals surface area contributed by atoms with Crippen LogP contribution in [0.4, 0.5) is 11.4 Å². The molecule has 0 spiro atoms. The molecule has 4 rings (SSSR count). The number of aromatic nitrogens is 2. The van der Waals surface area contributed by atoms with Crippen LogP contribution >= 0.6 is 0 Å². The fourth-order valence-electron chi connectivity index (χ4n) is 4.33. The third-order valence-corrected chi connectivity index (χ3v) is 6.15. The predicted molar refractivity (Wildman–Crippen MR) is 114 cm³/mol. The number of nitrogens with zero attached hydrogens (tertiary/aromatic N) is 4. The Morgan fingerprint density at radius 3 is 3.00 bits per heavy atom. The van der Waals surface area contributed by atoms with Gasteiger partial charge < -0.3 is 10.2 Å². The SMILES string of the molecule is CC(C)N(C)c1cnn(C2CCCN(Cc3cccc4c3NCC4)C2)c(=O)c1. The monoisotopic (exact) mass is 381 g/mol. The Kier molecular flexibility index (Phi) is 5.40. The Hall–Kier alpha value is -2.34. The second-order valence-electron chi connectivity index (χ2n) is 8.36. The third kappa shape index (κ3) is 3.78. The van der Waals surface area contributed by atoms with E-state index in [0.717, 1.165) is 51.1 Å². The fourth-order valence-corrected chi connectivity index (χ4v) is 4.33. The molecule has 1 fully saturated rings. The first kappa shape index (κ1) is 19.0. The quantitative estimate of drug-likeness (QED) is 0.863. The van der Waals surface area contributed by atoms with Crippen LogP contribution in [0.3, 0.4) is 0 Å². The van der Waals surface area contributed by atoms with E-state index >= 15 is 0 Å². The lowest BCUT2D eigenvalue weighted by Crippen LogP contribution is -2.40. The van der Waals surface area contributed by atoms with E-state index in [2.05, 4.69) is 52.3 Å². The Morgan fingerprint density at radius 1 is 1.36 bits per heavy atom. The van der Waals surface area contributed by atoms with Gasteiger partial charge in [0.25, 0.3) is 5.56 Å². The van der Waals surface area contributed by atoms with Crippen molar-refractivity contribution in [2.45, 2.75) is 51.7 Å². The first-order valence-electron chi connectivity index (χ1n) is 10.4. The number of para-hydroxylation sites is 1. The van der Waals surface area contributed by atoms with Crippen molar-refractivity contribution in [3.63, 3.8) is 0 Å². The van der Waals surface area contributed by atoms with Gasteiger partial charge in [-0.2, -0.15) is 5.10 Å². The lowest BCUT2D eigenvalue weighted by atomic mass is 10.0. The molecule has 0 bridgehead atoms. The van der Waals surface area contributed by atoms with Crippen molar-refractivity contribution in [2.75, 3.05) is 36.9 Å². The highest BCUT2D eigenvalue weighted by Crippen LogP contribution is 2.29. The van der Waals surface area contributed by atoms with Crippen LogP contribution in [0, 0.1) is 0 Å². The topological polar surface area (TPSA) is 53.4 Å². The van der Waals surface area contributed by atoms with Crippen molar-refractivity contribution in [1.29, 1.82) is 0 Å². The van der Waals surface area contributed by atoms with E-state index in [9.17, 15) is 4.79 Å². The predicted octanol–water partition coefficient (Wildman–Crippen LogP) is 2.89. The maximum Gasteiger partial charge on any atom is 0.269 e. The zero-order valence-electron chi connectivity index (χ0n) is 17.2. The van der Waals surface area contributed by atoms with Crippen molar-refractivity contribution >= 4 is 11.4 Å². The molecule has 2 aliphatic heterocycles. The molecule has 1 saturated heterocycles. The molecule has 2 aliphatic rings. The summed E-state index contributed by atoms with van der Waals surface area (Å²) >= 11 is 0. The normalized spacial score (nSPS) is 19.5. The van der Waals surface area contributed by atoms with Crippen molar-refractivity contribution in [1.82, 2.24) is 14.7 Å². The third-order valence-electron chi connectivity index (χ3n) is 6.15. The van der Waals surface area contributed by atoms with E-state index in [1.807, 2.05) is 13.2 Å². The van der Waals surface area contributed by atoms with Gasteiger partial charge in [-0.3, -0.25) is 9.69 Å². The average molecular weight is 382 g/mol. The average Bonchev–Trinajstić information content (AvgIpc) is 3.17. The highest BCUT2D eigenvalue weighted by Gasteiger charge is 2.24. The summed E-state index contributed by atoms with van der Waals surface area (Å²) in [5, 5.41) is 8.07. The number of nitrogens with one attached hydrogen (secondary N) is 1. The summed E-state index contributed by atoms with van der Waals surface area (Å²) in [4.78, 5) is 17.3. The smallest absolute Gasteiger partial charge is 0.269 e. The highest BCUT2D eigenvalue weighted by atomic mass is 16.1. The Labute approximate surface area is 167 Å². The van der Waals surface area contributed by atoms with Crippen LogP contribution in [-0.2, 0) is 13.0 Å². The molecule has 1 aromatic carbocycles. The second-order valence-corrected chi connectivity index (χ2v) is 8.36. The van der Waals surface area contributed by atoms with E-state index < -0.39 is 0 Å². The highest BCUT2D eigenvalue weighted by molar-refractivity contribution is 5.61.